The zero-order valence-electron chi connectivity index (χ0n) is 15.9. The van der Waals surface area contributed by atoms with Crippen molar-refractivity contribution in [2.45, 2.75) is 56.7 Å². The van der Waals surface area contributed by atoms with E-state index < -0.39 is 0 Å². The fourth-order valence-corrected chi connectivity index (χ4v) is 3.88. The minimum absolute atomic E-state index is 0.0181. The van der Waals surface area contributed by atoms with Crippen LogP contribution in [0, 0.1) is 0 Å². The van der Waals surface area contributed by atoms with Gasteiger partial charge in [0.2, 0.25) is 0 Å². The molecule has 0 aromatic carbocycles. The lowest BCUT2D eigenvalue weighted by Crippen LogP contribution is -2.52. The third-order valence-corrected chi connectivity index (χ3v) is 5.61. The highest BCUT2D eigenvalue weighted by Crippen LogP contribution is 2.25. The standard InChI is InChI=1S/C18H33N4O3/c1-20(2)16-4-6-17(7-5-16)22(14-23)18(24)19-15-8-10-21(11-9-15)12-13-25-3/h15-17H,4-13H2,1-3H3,(H,19,24). The van der Waals surface area contributed by atoms with Gasteiger partial charge in [-0.3, -0.25) is 9.69 Å². The Hall–Kier alpha value is -1.18. The quantitative estimate of drug-likeness (QED) is 0.693. The monoisotopic (exact) mass is 353 g/mol. The number of urea groups is 1. The summed E-state index contributed by atoms with van der Waals surface area (Å²) in [6.45, 7) is 3.57. The van der Waals surface area contributed by atoms with Gasteiger partial charge < -0.3 is 19.9 Å². The summed E-state index contributed by atoms with van der Waals surface area (Å²) in [4.78, 5) is 29.7. The molecule has 25 heavy (non-hydrogen) atoms. The van der Waals surface area contributed by atoms with Crippen LogP contribution in [0.3, 0.4) is 0 Å². The van der Waals surface area contributed by atoms with Crippen LogP contribution in [-0.4, -0.2) is 92.7 Å². The fraction of sp³-hybridized carbons (Fsp3) is 0.889. The first-order valence-electron chi connectivity index (χ1n) is 9.40. The summed E-state index contributed by atoms with van der Waals surface area (Å²) in [6, 6.07) is 0.388. The van der Waals surface area contributed by atoms with Gasteiger partial charge >= 0.3 is 12.4 Å². The van der Waals surface area contributed by atoms with Crippen LogP contribution >= 0.6 is 0 Å². The van der Waals surface area contributed by atoms with Gasteiger partial charge in [0, 0.05) is 44.9 Å². The van der Waals surface area contributed by atoms with Gasteiger partial charge in [-0.2, -0.15) is 0 Å². The average molecular weight is 353 g/mol. The molecule has 1 saturated heterocycles. The Bertz CT molecular complexity index is 417. The first-order valence-corrected chi connectivity index (χ1v) is 9.40. The first kappa shape index (κ1) is 20.1. The Kier molecular flexibility index (Phi) is 8.12. The van der Waals surface area contributed by atoms with Crippen molar-refractivity contribution in [1.29, 1.82) is 0 Å². The second-order valence-corrected chi connectivity index (χ2v) is 7.45. The summed E-state index contributed by atoms with van der Waals surface area (Å²) in [5.74, 6) is 0. The van der Waals surface area contributed by atoms with Crippen LogP contribution in [0.5, 0.6) is 0 Å². The van der Waals surface area contributed by atoms with Crippen LogP contribution in [0.15, 0.2) is 0 Å². The van der Waals surface area contributed by atoms with Crippen molar-refractivity contribution >= 4 is 12.4 Å². The van der Waals surface area contributed by atoms with Crippen LogP contribution in [-0.2, 0) is 9.53 Å². The molecule has 2 rings (SSSR count). The Morgan fingerprint density at radius 1 is 1.12 bits per heavy atom. The molecule has 1 N–H and O–H groups in total. The lowest BCUT2D eigenvalue weighted by Gasteiger charge is -2.37. The molecule has 7 heteroatoms. The van der Waals surface area contributed by atoms with Gasteiger partial charge in [0.05, 0.1) is 6.61 Å². The summed E-state index contributed by atoms with van der Waals surface area (Å²) in [6.07, 6.45) is 7.45. The van der Waals surface area contributed by atoms with Crippen LogP contribution in [0.1, 0.15) is 38.5 Å². The predicted octanol–water partition coefficient (Wildman–Crippen LogP) is 1.05. The lowest BCUT2D eigenvalue weighted by molar-refractivity contribution is 0.123. The number of hydrogen-bond donors (Lipinski definition) is 1. The van der Waals surface area contributed by atoms with E-state index in [2.05, 4.69) is 29.2 Å². The third kappa shape index (κ3) is 5.94. The molecule has 1 heterocycles. The van der Waals surface area contributed by atoms with Crippen molar-refractivity contribution in [1.82, 2.24) is 20.0 Å². The molecule has 1 aliphatic carbocycles. The van der Waals surface area contributed by atoms with Gasteiger partial charge in [-0.05, 0) is 52.6 Å². The Morgan fingerprint density at radius 2 is 1.72 bits per heavy atom. The summed E-state index contributed by atoms with van der Waals surface area (Å²) in [7, 11) is 5.88. The van der Waals surface area contributed by atoms with E-state index in [0.717, 1.165) is 64.8 Å². The molecule has 1 saturated carbocycles. The van der Waals surface area contributed by atoms with Crippen LogP contribution < -0.4 is 5.32 Å². The van der Waals surface area contributed by atoms with Crippen LogP contribution in [0.2, 0.25) is 0 Å². The Morgan fingerprint density at radius 3 is 2.24 bits per heavy atom. The second kappa shape index (κ2) is 10.1. The number of imide groups is 1. The number of piperidine rings is 1. The summed E-state index contributed by atoms with van der Waals surface area (Å²) in [5.41, 5.74) is 0. The topological polar surface area (TPSA) is 65.1 Å². The predicted molar refractivity (Wildman–Crippen MR) is 97.1 cm³/mol. The van der Waals surface area contributed by atoms with Crippen molar-refractivity contribution in [2.75, 3.05) is 47.4 Å². The van der Waals surface area contributed by atoms with E-state index in [-0.39, 0.29) is 18.1 Å². The van der Waals surface area contributed by atoms with E-state index in [1.807, 2.05) is 6.41 Å². The van der Waals surface area contributed by atoms with E-state index in [1.165, 1.54) is 4.90 Å². The maximum absolute atomic E-state index is 12.5. The van der Waals surface area contributed by atoms with E-state index in [1.54, 1.807) is 7.11 Å². The zero-order chi connectivity index (χ0) is 18.2. The minimum atomic E-state index is -0.279. The smallest absolute Gasteiger partial charge is 0.324 e. The van der Waals surface area contributed by atoms with Gasteiger partial charge in [0.1, 0.15) is 0 Å². The van der Waals surface area contributed by atoms with E-state index in [9.17, 15) is 9.59 Å². The highest BCUT2D eigenvalue weighted by atomic mass is 16.5. The molecule has 7 nitrogen and oxygen atoms in total. The maximum atomic E-state index is 12.5. The molecule has 0 unspecified atom stereocenters. The van der Waals surface area contributed by atoms with E-state index >= 15 is 0 Å². The second-order valence-electron chi connectivity index (χ2n) is 7.45. The van der Waals surface area contributed by atoms with Gasteiger partial charge in [-0.15, -0.1) is 0 Å². The molecular weight excluding hydrogens is 320 g/mol. The molecule has 0 spiro atoms. The number of carbonyl (C=O) groups excluding carboxylic acids is 2. The average Bonchev–Trinajstić information content (AvgIpc) is 2.62. The largest absolute Gasteiger partial charge is 0.383 e. The molecule has 2 aliphatic rings. The van der Waals surface area contributed by atoms with Crippen molar-refractivity contribution < 1.29 is 14.3 Å². The highest BCUT2D eigenvalue weighted by Gasteiger charge is 2.31. The van der Waals surface area contributed by atoms with Gasteiger partial charge in [-0.1, -0.05) is 0 Å². The van der Waals surface area contributed by atoms with Gasteiger partial charge in [0.25, 0.3) is 0 Å². The highest BCUT2D eigenvalue weighted by molar-refractivity contribution is 5.85. The van der Waals surface area contributed by atoms with Crippen molar-refractivity contribution in [3.63, 3.8) is 0 Å². The number of methoxy groups -OCH3 is 1. The molecule has 1 radical (unpaired) electrons. The van der Waals surface area contributed by atoms with Crippen molar-refractivity contribution in [3.8, 4) is 0 Å². The fourth-order valence-electron chi connectivity index (χ4n) is 3.88. The molecule has 0 aromatic rings. The Balaban J connectivity index is 1.76. The number of likely N-dealkylation sites (tertiary alicyclic amines) is 1. The first-order chi connectivity index (χ1) is 12.0. The number of amides is 3. The molecule has 143 valence electrons. The van der Waals surface area contributed by atoms with Crippen molar-refractivity contribution in [3.05, 3.63) is 0 Å². The molecule has 0 atom stereocenters. The molecule has 1 aliphatic heterocycles. The lowest BCUT2D eigenvalue weighted by atomic mass is 9.90. The Labute approximate surface area is 151 Å². The SMILES string of the molecule is COCCN1CCC(NC(=O)N([C]=O)C2CCC(N(C)C)CC2)CC1. The number of ether oxygens (including phenoxy) is 1. The molecular formula is C18H33N4O3. The van der Waals surface area contributed by atoms with Crippen LogP contribution in [0.25, 0.3) is 0 Å². The number of carbonyl (C=O) groups is 1. The number of rotatable bonds is 7. The third-order valence-electron chi connectivity index (χ3n) is 5.61. The molecule has 0 aromatic heterocycles. The zero-order valence-corrected chi connectivity index (χ0v) is 15.9. The molecule has 2 fully saturated rings. The van der Waals surface area contributed by atoms with E-state index in [0.29, 0.717) is 6.04 Å². The number of nitrogens with zero attached hydrogens (tertiary/aromatic N) is 3. The summed E-state index contributed by atoms with van der Waals surface area (Å²) >= 11 is 0. The molecule has 3 amide bonds. The van der Waals surface area contributed by atoms with Crippen molar-refractivity contribution in [2.24, 2.45) is 0 Å². The number of hydrogen-bond acceptors (Lipinski definition) is 5. The summed E-state index contributed by atoms with van der Waals surface area (Å²) in [5, 5.41) is 3.03. The van der Waals surface area contributed by atoms with Gasteiger partial charge in [0.15, 0.2) is 0 Å². The summed E-state index contributed by atoms with van der Waals surface area (Å²) < 4.78 is 5.11. The maximum Gasteiger partial charge on any atom is 0.324 e. The van der Waals surface area contributed by atoms with E-state index in [4.69, 9.17) is 4.74 Å². The van der Waals surface area contributed by atoms with Crippen LogP contribution in [0.4, 0.5) is 4.79 Å². The number of nitrogens with one attached hydrogen (secondary N) is 1. The minimum Gasteiger partial charge on any atom is -0.383 e. The van der Waals surface area contributed by atoms with Gasteiger partial charge in [-0.25, -0.2) is 4.79 Å². The molecule has 0 bridgehead atoms. The normalized spacial score (nSPS) is 25.8.